The van der Waals surface area contributed by atoms with Crippen LogP contribution in [0.3, 0.4) is 0 Å². The van der Waals surface area contributed by atoms with Gasteiger partial charge < -0.3 is 10.2 Å². The fraction of sp³-hybridized carbons (Fsp3) is 0.278. The molecule has 9 heteroatoms. The van der Waals surface area contributed by atoms with E-state index in [4.69, 9.17) is 27.4 Å². The molecule has 0 atom stereocenters. The summed E-state index contributed by atoms with van der Waals surface area (Å²) in [5.41, 5.74) is 0.670. The fourth-order valence-electron chi connectivity index (χ4n) is 2.81. The summed E-state index contributed by atoms with van der Waals surface area (Å²) >= 11 is 11.7. The second kappa shape index (κ2) is 7.31. The molecule has 1 amide bonds. The number of carbonyl (C=O) groups is 1. The number of carbonyl (C=O) groups excluding carboxylic acids is 1. The monoisotopic (exact) mass is 428 g/mol. The van der Waals surface area contributed by atoms with Crippen molar-refractivity contribution in [1.82, 2.24) is 0 Å². The van der Waals surface area contributed by atoms with Crippen LogP contribution in [0.2, 0.25) is 10.0 Å². The second-order valence-electron chi connectivity index (χ2n) is 6.58. The van der Waals surface area contributed by atoms with E-state index in [2.05, 4.69) is 5.32 Å². The minimum Gasteiger partial charge on any atom is -0.370 e. The van der Waals surface area contributed by atoms with Crippen molar-refractivity contribution < 1.29 is 17.4 Å². The molecule has 1 aliphatic heterocycles. The highest BCUT2D eigenvalue weighted by Crippen LogP contribution is 2.35. The maximum Gasteiger partial charge on any atom is 0.297 e. The predicted octanol–water partition coefficient (Wildman–Crippen LogP) is 3.94. The van der Waals surface area contributed by atoms with Gasteiger partial charge in [-0.1, -0.05) is 35.3 Å². The summed E-state index contributed by atoms with van der Waals surface area (Å²) in [4.78, 5) is 14.2. The SMILES string of the molecule is CC1(C)Nc2ccccc2N(CCOS(=O)(=O)c2ccc(Cl)c(Cl)c2)C1=O. The number of para-hydroxylation sites is 2. The molecule has 144 valence electrons. The quantitative estimate of drug-likeness (QED) is 0.729. The Morgan fingerprint density at radius 3 is 2.52 bits per heavy atom. The van der Waals surface area contributed by atoms with Crippen LogP contribution in [0, 0.1) is 0 Å². The average Bonchev–Trinajstić information content (AvgIpc) is 2.60. The summed E-state index contributed by atoms with van der Waals surface area (Å²) in [7, 11) is -4.02. The molecule has 1 aliphatic rings. The van der Waals surface area contributed by atoms with Crippen molar-refractivity contribution in [1.29, 1.82) is 0 Å². The van der Waals surface area contributed by atoms with E-state index in [0.717, 1.165) is 5.69 Å². The number of nitrogens with one attached hydrogen (secondary N) is 1. The molecule has 6 nitrogen and oxygen atoms in total. The van der Waals surface area contributed by atoms with Crippen LogP contribution in [0.15, 0.2) is 47.4 Å². The Morgan fingerprint density at radius 1 is 1.11 bits per heavy atom. The van der Waals surface area contributed by atoms with Crippen LogP contribution in [-0.2, 0) is 19.1 Å². The van der Waals surface area contributed by atoms with Gasteiger partial charge in [-0.3, -0.25) is 8.98 Å². The molecular weight excluding hydrogens is 411 g/mol. The van der Waals surface area contributed by atoms with E-state index < -0.39 is 15.7 Å². The summed E-state index contributed by atoms with van der Waals surface area (Å²) in [6.07, 6.45) is 0. The van der Waals surface area contributed by atoms with Crippen LogP contribution in [0.4, 0.5) is 11.4 Å². The third-order valence-electron chi connectivity index (χ3n) is 4.15. The van der Waals surface area contributed by atoms with Crippen molar-refractivity contribution in [3.05, 3.63) is 52.5 Å². The molecule has 0 unspecified atom stereocenters. The summed E-state index contributed by atoms with van der Waals surface area (Å²) in [5.74, 6) is -0.170. The van der Waals surface area contributed by atoms with Crippen molar-refractivity contribution >= 4 is 50.6 Å². The number of halogens is 2. The fourth-order valence-corrected chi connectivity index (χ4v) is 4.10. The van der Waals surface area contributed by atoms with Crippen LogP contribution in [0.25, 0.3) is 0 Å². The molecule has 0 fully saturated rings. The van der Waals surface area contributed by atoms with Crippen molar-refractivity contribution in [2.75, 3.05) is 23.4 Å². The summed E-state index contributed by atoms with van der Waals surface area (Å²) in [6, 6.07) is 11.3. The maximum absolute atomic E-state index is 12.7. The van der Waals surface area contributed by atoms with Crippen LogP contribution < -0.4 is 10.2 Å². The van der Waals surface area contributed by atoms with Gasteiger partial charge in [-0.2, -0.15) is 8.42 Å². The molecule has 1 N–H and O–H groups in total. The van der Waals surface area contributed by atoms with Crippen LogP contribution in [0.1, 0.15) is 13.8 Å². The van der Waals surface area contributed by atoms with E-state index in [9.17, 15) is 13.2 Å². The van der Waals surface area contributed by atoms with Crippen molar-refractivity contribution in [3.63, 3.8) is 0 Å². The first-order valence-corrected chi connectivity index (χ1v) is 10.3. The zero-order valence-corrected chi connectivity index (χ0v) is 17.0. The first kappa shape index (κ1) is 19.9. The van der Waals surface area contributed by atoms with Crippen molar-refractivity contribution in [2.24, 2.45) is 0 Å². The molecule has 2 aromatic rings. The van der Waals surface area contributed by atoms with Gasteiger partial charge in [0.1, 0.15) is 5.54 Å². The normalized spacial score (nSPS) is 16.0. The highest BCUT2D eigenvalue weighted by molar-refractivity contribution is 7.86. The van der Waals surface area contributed by atoms with Gasteiger partial charge in [-0.25, -0.2) is 0 Å². The predicted molar refractivity (Wildman–Crippen MR) is 106 cm³/mol. The number of benzene rings is 2. The van der Waals surface area contributed by atoms with E-state index in [1.807, 2.05) is 18.2 Å². The van der Waals surface area contributed by atoms with Gasteiger partial charge in [-0.15, -0.1) is 0 Å². The first-order chi connectivity index (χ1) is 12.6. The highest BCUT2D eigenvalue weighted by atomic mass is 35.5. The summed E-state index contributed by atoms with van der Waals surface area (Å²) in [6.45, 7) is 3.43. The number of rotatable bonds is 5. The van der Waals surface area contributed by atoms with Gasteiger partial charge in [0, 0.05) is 0 Å². The Hall–Kier alpha value is -1.80. The van der Waals surface area contributed by atoms with Gasteiger partial charge >= 0.3 is 0 Å². The minimum absolute atomic E-state index is 0.0848. The average molecular weight is 429 g/mol. The van der Waals surface area contributed by atoms with Gasteiger partial charge in [-0.05, 0) is 44.2 Å². The third kappa shape index (κ3) is 4.06. The van der Waals surface area contributed by atoms with E-state index in [0.29, 0.717) is 5.69 Å². The highest BCUT2D eigenvalue weighted by Gasteiger charge is 2.38. The second-order valence-corrected chi connectivity index (χ2v) is 9.01. The number of amides is 1. The van der Waals surface area contributed by atoms with Crippen molar-refractivity contribution in [3.8, 4) is 0 Å². The Balaban J connectivity index is 1.76. The first-order valence-electron chi connectivity index (χ1n) is 8.15. The molecule has 0 saturated carbocycles. The van der Waals surface area contributed by atoms with Gasteiger partial charge in [0.2, 0.25) is 0 Å². The van der Waals surface area contributed by atoms with E-state index in [-0.39, 0.29) is 34.0 Å². The largest absolute Gasteiger partial charge is 0.370 e. The van der Waals surface area contributed by atoms with Crippen LogP contribution >= 0.6 is 23.2 Å². The Morgan fingerprint density at radius 2 is 1.81 bits per heavy atom. The van der Waals surface area contributed by atoms with E-state index >= 15 is 0 Å². The third-order valence-corrected chi connectivity index (χ3v) is 6.20. The van der Waals surface area contributed by atoms with Crippen molar-refractivity contribution in [2.45, 2.75) is 24.3 Å². The lowest BCUT2D eigenvalue weighted by Crippen LogP contribution is -2.54. The molecule has 2 aromatic carbocycles. The number of anilines is 2. The van der Waals surface area contributed by atoms with Gasteiger partial charge in [0.25, 0.3) is 16.0 Å². The topological polar surface area (TPSA) is 75.7 Å². The molecule has 0 aliphatic carbocycles. The standard InChI is InChI=1S/C18H18Cl2N2O4S/c1-18(2)17(23)22(16-6-4-3-5-15(16)21-18)9-10-26-27(24,25)12-7-8-13(19)14(20)11-12/h3-8,11,21H,9-10H2,1-2H3. The lowest BCUT2D eigenvalue weighted by Gasteiger charge is -2.39. The Kier molecular flexibility index (Phi) is 5.40. The molecule has 0 spiro atoms. The zero-order chi connectivity index (χ0) is 19.8. The zero-order valence-electron chi connectivity index (χ0n) is 14.7. The molecule has 1 heterocycles. The van der Waals surface area contributed by atoms with E-state index in [1.165, 1.54) is 23.1 Å². The number of nitrogens with zero attached hydrogens (tertiary/aromatic N) is 1. The lowest BCUT2D eigenvalue weighted by molar-refractivity contribution is -0.122. The maximum atomic E-state index is 12.7. The van der Waals surface area contributed by atoms with Gasteiger partial charge in [0.15, 0.2) is 0 Å². The molecule has 0 saturated heterocycles. The molecule has 27 heavy (non-hydrogen) atoms. The summed E-state index contributed by atoms with van der Waals surface area (Å²) in [5, 5.41) is 3.55. The lowest BCUT2D eigenvalue weighted by atomic mass is 9.98. The molecule has 3 rings (SSSR count). The van der Waals surface area contributed by atoms with Gasteiger partial charge in [0.05, 0.1) is 39.5 Å². The van der Waals surface area contributed by atoms with E-state index in [1.54, 1.807) is 19.9 Å². The smallest absolute Gasteiger partial charge is 0.297 e. The molecule has 0 aromatic heterocycles. The summed E-state index contributed by atoms with van der Waals surface area (Å²) < 4.78 is 29.8. The molecular formula is C18H18Cl2N2O4S. The number of hydrogen-bond donors (Lipinski definition) is 1. The van der Waals surface area contributed by atoms with Crippen LogP contribution in [-0.4, -0.2) is 33.0 Å². The number of hydrogen-bond acceptors (Lipinski definition) is 5. The minimum atomic E-state index is -4.02. The van der Waals surface area contributed by atoms with Crippen LogP contribution in [0.5, 0.6) is 0 Å². The Bertz CT molecular complexity index is 993. The molecule has 0 radical (unpaired) electrons. The number of fused-ring (bicyclic) bond motifs is 1. The Labute approximate surface area is 168 Å². The molecule has 0 bridgehead atoms.